The van der Waals surface area contributed by atoms with Crippen LogP contribution in [0.4, 0.5) is 0 Å². The molecule has 2 aromatic rings. The maximum Gasteiger partial charge on any atom is 0.126 e. The van der Waals surface area contributed by atoms with Gasteiger partial charge in [0.05, 0.1) is 13.7 Å². The molecular weight excluding hydrogens is 250 g/mol. The van der Waals surface area contributed by atoms with E-state index in [9.17, 15) is 0 Å². The molecule has 0 fully saturated rings. The number of benzene rings is 2. The van der Waals surface area contributed by atoms with Crippen molar-refractivity contribution in [1.29, 1.82) is 0 Å². The van der Waals surface area contributed by atoms with Crippen LogP contribution in [0.1, 0.15) is 12.0 Å². The van der Waals surface area contributed by atoms with Crippen molar-refractivity contribution < 1.29 is 9.47 Å². The lowest BCUT2D eigenvalue weighted by Gasteiger charge is -2.18. The first-order valence-electron chi connectivity index (χ1n) is 6.85. The lowest BCUT2D eigenvalue weighted by Crippen LogP contribution is -2.08. The van der Waals surface area contributed by atoms with E-state index in [4.69, 9.17) is 9.47 Å². The second-order valence-electron chi connectivity index (χ2n) is 4.47. The first-order chi connectivity index (χ1) is 9.88. The van der Waals surface area contributed by atoms with Crippen LogP contribution in [0.3, 0.4) is 0 Å². The van der Waals surface area contributed by atoms with E-state index in [0.717, 1.165) is 42.1 Å². The number of ether oxygens (including phenoxy) is 2. The van der Waals surface area contributed by atoms with E-state index in [1.54, 1.807) is 7.11 Å². The molecular formula is C17H21NO2. The molecule has 0 unspecified atom stereocenters. The fourth-order valence-electron chi connectivity index (χ4n) is 2.39. The SMILES string of the molecule is CN.COc1ccccc1-c1ccc2c(c1)OCCC2. The quantitative estimate of drug-likeness (QED) is 0.911. The number of hydrogen-bond acceptors (Lipinski definition) is 3. The largest absolute Gasteiger partial charge is 0.496 e. The van der Waals surface area contributed by atoms with Crippen molar-refractivity contribution in [2.75, 3.05) is 20.8 Å². The van der Waals surface area contributed by atoms with Crippen LogP contribution in [0.2, 0.25) is 0 Å². The molecule has 3 heteroatoms. The Morgan fingerprint density at radius 2 is 1.90 bits per heavy atom. The second kappa shape index (κ2) is 6.96. The molecule has 106 valence electrons. The zero-order chi connectivity index (χ0) is 14.4. The van der Waals surface area contributed by atoms with Crippen molar-refractivity contribution in [1.82, 2.24) is 0 Å². The van der Waals surface area contributed by atoms with Gasteiger partial charge in [0.15, 0.2) is 0 Å². The van der Waals surface area contributed by atoms with Gasteiger partial charge in [0, 0.05) is 5.56 Å². The van der Waals surface area contributed by atoms with Crippen molar-refractivity contribution in [3.8, 4) is 22.6 Å². The van der Waals surface area contributed by atoms with E-state index in [1.807, 2.05) is 18.2 Å². The summed E-state index contributed by atoms with van der Waals surface area (Å²) in [5.74, 6) is 1.91. The Bertz CT molecular complexity index is 567. The van der Waals surface area contributed by atoms with E-state index in [2.05, 4.69) is 30.0 Å². The lowest BCUT2D eigenvalue weighted by molar-refractivity contribution is 0.288. The summed E-state index contributed by atoms with van der Waals surface area (Å²) in [6, 6.07) is 14.5. The van der Waals surface area contributed by atoms with Crippen LogP contribution in [0, 0.1) is 0 Å². The molecule has 0 aromatic heterocycles. The summed E-state index contributed by atoms with van der Waals surface area (Å²) >= 11 is 0. The third kappa shape index (κ3) is 2.94. The zero-order valence-corrected chi connectivity index (χ0v) is 12.1. The highest BCUT2D eigenvalue weighted by atomic mass is 16.5. The van der Waals surface area contributed by atoms with E-state index >= 15 is 0 Å². The van der Waals surface area contributed by atoms with E-state index in [1.165, 1.54) is 12.6 Å². The molecule has 2 N–H and O–H groups in total. The normalized spacial score (nSPS) is 12.6. The molecule has 0 bridgehead atoms. The standard InChI is InChI=1S/C16H16O2.CH5N/c1-17-15-7-3-2-6-14(15)13-9-8-12-5-4-10-18-16(12)11-13;1-2/h2-3,6-9,11H,4-5,10H2,1H3;2H2,1H3. The van der Waals surface area contributed by atoms with Gasteiger partial charge in [-0.25, -0.2) is 0 Å². The minimum Gasteiger partial charge on any atom is -0.496 e. The van der Waals surface area contributed by atoms with Crippen LogP contribution in [-0.4, -0.2) is 20.8 Å². The first-order valence-corrected chi connectivity index (χ1v) is 6.85. The summed E-state index contributed by atoms with van der Waals surface area (Å²) < 4.78 is 11.1. The topological polar surface area (TPSA) is 44.5 Å². The maximum atomic E-state index is 5.72. The number of fused-ring (bicyclic) bond motifs is 1. The summed E-state index contributed by atoms with van der Waals surface area (Å²) in [5.41, 5.74) is 8.06. The van der Waals surface area contributed by atoms with Gasteiger partial charge in [0.2, 0.25) is 0 Å². The predicted molar refractivity (Wildman–Crippen MR) is 82.4 cm³/mol. The van der Waals surface area contributed by atoms with Gasteiger partial charge >= 0.3 is 0 Å². The Hall–Kier alpha value is -2.00. The molecule has 1 heterocycles. The minimum atomic E-state index is 0.822. The average molecular weight is 271 g/mol. The Kier molecular flexibility index (Phi) is 5.02. The average Bonchev–Trinajstić information content (AvgIpc) is 2.56. The summed E-state index contributed by atoms with van der Waals surface area (Å²) in [7, 11) is 3.20. The second-order valence-corrected chi connectivity index (χ2v) is 4.47. The first kappa shape index (κ1) is 14.4. The van der Waals surface area contributed by atoms with Gasteiger partial charge in [-0.15, -0.1) is 0 Å². The van der Waals surface area contributed by atoms with Crippen LogP contribution < -0.4 is 15.2 Å². The van der Waals surface area contributed by atoms with Crippen LogP contribution in [-0.2, 0) is 6.42 Å². The molecule has 3 rings (SSSR count). The van der Waals surface area contributed by atoms with Gasteiger partial charge < -0.3 is 15.2 Å². The molecule has 20 heavy (non-hydrogen) atoms. The van der Waals surface area contributed by atoms with Crippen LogP contribution in [0.5, 0.6) is 11.5 Å². The third-order valence-electron chi connectivity index (χ3n) is 3.33. The highest BCUT2D eigenvalue weighted by molar-refractivity contribution is 5.72. The lowest BCUT2D eigenvalue weighted by atomic mass is 9.99. The number of hydrogen-bond donors (Lipinski definition) is 1. The molecule has 3 nitrogen and oxygen atoms in total. The highest BCUT2D eigenvalue weighted by Gasteiger charge is 2.12. The minimum absolute atomic E-state index is 0.822. The highest BCUT2D eigenvalue weighted by Crippen LogP contribution is 2.34. The number of rotatable bonds is 2. The number of nitrogens with two attached hydrogens (primary N) is 1. The molecule has 0 aliphatic carbocycles. The van der Waals surface area contributed by atoms with Gasteiger partial charge in [-0.05, 0) is 43.1 Å². The van der Waals surface area contributed by atoms with Crippen LogP contribution >= 0.6 is 0 Å². The smallest absolute Gasteiger partial charge is 0.126 e. The van der Waals surface area contributed by atoms with Crippen molar-refractivity contribution in [3.05, 3.63) is 48.0 Å². The summed E-state index contributed by atoms with van der Waals surface area (Å²) in [5, 5.41) is 0. The number of aryl methyl sites for hydroxylation is 1. The fraction of sp³-hybridized carbons (Fsp3) is 0.294. The van der Waals surface area contributed by atoms with E-state index in [-0.39, 0.29) is 0 Å². The maximum absolute atomic E-state index is 5.72. The molecule has 0 saturated heterocycles. The van der Waals surface area contributed by atoms with Crippen molar-refractivity contribution in [2.45, 2.75) is 12.8 Å². The van der Waals surface area contributed by atoms with Crippen LogP contribution in [0.25, 0.3) is 11.1 Å². The number of methoxy groups -OCH3 is 1. The van der Waals surface area contributed by atoms with Gasteiger partial charge in [0.1, 0.15) is 11.5 Å². The Balaban J connectivity index is 0.000000704. The van der Waals surface area contributed by atoms with E-state index < -0.39 is 0 Å². The predicted octanol–water partition coefficient (Wildman–Crippen LogP) is 3.26. The summed E-state index contributed by atoms with van der Waals surface area (Å²) in [6.45, 7) is 0.822. The van der Waals surface area contributed by atoms with Crippen LogP contribution in [0.15, 0.2) is 42.5 Å². The molecule has 0 saturated carbocycles. The molecule has 2 aromatic carbocycles. The van der Waals surface area contributed by atoms with E-state index in [0.29, 0.717) is 0 Å². The molecule has 0 spiro atoms. The zero-order valence-electron chi connectivity index (χ0n) is 12.1. The molecule has 0 radical (unpaired) electrons. The molecule has 0 atom stereocenters. The Morgan fingerprint density at radius 3 is 2.70 bits per heavy atom. The fourth-order valence-corrected chi connectivity index (χ4v) is 2.39. The molecule has 1 aliphatic heterocycles. The molecule has 1 aliphatic rings. The van der Waals surface area contributed by atoms with Gasteiger partial charge in [0.25, 0.3) is 0 Å². The van der Waals surface area contributed by atoms with Crippen molar-refractivity contribution >= 4 is 0 Å². The Labute approximate surface area is 120 Å². The summed E-state index contributed by atoms with van der Waals surface area (Å²) in [6.07, 6.45) is 2.22. The van der Waals surface area contributed by atoms with Crippen molar-refractivity contribution in [2.24, 2.45) is 5.73 Å². The van der Waals surface area contributed by atoms with Gasteiger partial charge in [-0.3, -0.25) is 0 Å². The summed E-state index contributed by atoms with van der Waals surface area (Å²) in [4.78, 5) is 0. The number of para-hydroxylation sites is 1. The van der Waals surface area contributed by atoms with Crippen molar-refractivity contribution in [3.63, 3.8) is 0 Å². The molecule has 0 amide bonds. The monoisotopic (exact) mass is 271 g/mol. The Morgan fingerprint density at radius 1 is 1.10 bits per heavy atom. The van der Waals surface area contributed by atoms with Gasteiger partial charge in [-0.1, -0.05) is 30.3 Å². The third-order valence-corrected chi connectivity index (χ3v) is 3.33. The van der Waals surface area contributed by atoms with Gasteiger partial charge in [-0.2, -0.15) is 0 Å².